The monoisotopic (exact) mass is 293 g/mol. The summed E-state index contributed by atoms with van der Waals surface area (Å²) in [4.78, 5) is 11.4. The summed E-state index contributed by atoms with van der Waals surface area (Å²) in [6, 6.07) is 7.00. The molecule has 0 bridgehead atoms. The molecular formula is C13H15N3O3S. The molecule has 1 saturated heterocycles. The molecule has 1 aromatic carbocycles. The smallest absolute Gasteiger partial charge is 0.245 e. The summed E-state index contributed by atoms with van der Waals surface area (Å²) in [6.45, 7) is 0.246. The standard InChI is InChI=1S/C13H15N3O3S/c14-9-10-5-1-2-7-12(10)20(18,19)16-8-4-3-6-11(16)13(15)17/h1-2,5,7,11H,3-4,6,8H2,(H2,15,17). The van der Waals surface area contributed by atoms with E-state index in [4.69, 9.17) is 11.0 Å². The zero-order valence-electron chi connectivity index (χ0n) is 10.8. The molecule has 20 heavy (non-hydrogen) atoms. The lowest BCUT2D eigenvalue weighted by molar-refractivity contribution is -0.122. The Morgan fingerprint density at radius 2 is 2.05 bits per heavy atom. The molecule has 6 nitrogen and oxygen atoms in total. The number of nitrogens with two attached hydrogens (primary N) is 1. The van der Waals surface area contributed by atoms with Gasteiger partial charge in [0.05, 0.1) is 10.5 Å². The number of carbonyl (C=O) groups is 1. The van der Waals surface area contributed by atoms with Gasteiger partial charge in [0.15, 0.2) is 0 Å². The number of primary amides is 1. The highest BCUT2D eigenvalue weighted by Crippen LogP contribution is 2.26. The SMILES string of the molecule is N#Cc1ccccc1S(=O)(=O)N1CCCCC1C(N)=O. The van der Waals surface area contributed by atoms with Crippen molar-refractivity contribution in [3.8, 4) is 6.07 Å². The molecule has 1 amide bonds. The number of nitriles is 1. The Morgan fingerprint density at radius 3 is 2.70 bits per heavy atom. The molecule has 1 aliphatic heterocycles. The van der Waals surface area contributed by atoms with E-state index in [1.165, 1.54) is 12.1 Å². The lowest BCUT2D eigenvalue weighted by Gasteiger charge is -2.32. The fraction of sp³-hybridized carbons (Fsp3) is 0.385. The molecule has 7 heteroatoms. The molecule has 2 rings (SSSR count). The predicted octanol–water partition coefficient (Wildman–Crippen LogP) is 0.587. The van der Waals surface area contributed by atoms with E-state index >= 15 is 0 Å². The Balaban J connectivity index is 2.48. The Labute approximate surface area is 117 Å². The molecule has 1 heterocycles. The molecule has 0 aromatic heterocycles. The maximum absolute atomic E-state index is 12.6. The van der Waals surface area contributed by atoms with Crippen molar-refractivity contribution < 1.29 is 13.2 Å². The first kappa shape index (κ1) is 14.5. The summed E-state index contributed by atoms with van der Waals surface area (Å²) >= 11 is 0. The van der Waals surface area contributed by atoms with Crippen LogP contribution in [0.4, 0.5) is 0 Å². The first-order valence-corrected chi connectivity index (χ1v) is 7.73. The van der Waals surface area contributed by atoms with Crippen LogP contribution >= 0.6 is 0 Å². The number of sulfonamides is 1. The molecule has 0 radical (unpaired) electrons. The van der Waals surface area contributed by atoms with Crippen molar-refractivity contribution in [1.82, 2.24) is 4.31 Å². The molecule has 1 unspecified atom stereocenters. The number of piperidine rings is 1. The maximum Gasteiger partial charge on any atom is 0.245 e. The quantitative estimate of drug-likeness (QED) is 0.880. The average Bonchev–Trinajstić information content (AvgIpc) is 2.47. The van der Waals surface area contributed by atoms with Gasteiger partial charge in [-0.3, -0.25) is 4.79 Å². The maximum atomic E-state index is 12.6. The van der Waals surface area contributed by atoms with Gasteiger partial charge in [0.25, 0.3) is 0 Å². The summed E-state index contributed by atoms with van der Waals surface area (Å²) in [7, 11) is -3.89. The summed E-state index contributed by atoms with van der Waals surface area (Å²) in [6.07, 6.45) is 1.86. The van der Waals surface area contributed by atoms with Crippen LogP contribution < -0.4 is 5.73 Å². The molecule has 0 saturated carbocycles. The normalized spacial score (nSPS) is 20.2. The van der Waals surface area contributed by atoms with Gasteiger partial charge in [0, 0.05) is 6.54 Å². The van der Waals surface area contributed by atoms with Gasteiger partial charge in [-0.05, 0) is 25.0 Å². The minimum absolute atomic E-state index is 0.0706. The van der Waals surface area contributed by atoms with Gasteiger partial charge >= 0.3 is 0 Å². The Kier molecular flexibility index (Phi) is 4.06. The zero-order valence-corrected chi connectivity index (χ0v) is 11.6. The van der Waals surface area contributed by atoms with Crippen LogP contribution in [0, 0.1) is 11.3 Å². The number of carbonyl (C=O) groups excluding carboxylic acids is 1. The van der Waals surface area contributed by atoms with E-state index < -0.39 is 22.0 Å². The van der Waals surface area contributed by atoms with Gasteiger partial charge in [0.1, 0.15) is 12.1 Å². The van der Waals surface area contributed by atoms with Crippen molar-refractivity contribution >= 4 is 15.9 Å². The molecule has 0 spiro atoms. The summed E-state index contributed by atoms with van der Waals surface area (Å²) in [5.74, 6) is -0.650. The summed E-state index contributed by atoms with van der Waals surface area (Å²) in [5, 5.41) is 9.03. The van der Waals surface area contributed by atoms with Gasteiger partial charge in [-0.2, -0.15) is 9.57 Å². The molecule has 1 atom stereocenters. The van der Waals surface area contributed by atoms with E-state index in [-0.39, 0.29) is 17.0 Å². The second kappa shape index (κ2) is 5.61. The van der Waals surface area contributed by atoms with Gasteiger partial charge in [-0.1, -0.05) is 18.6 Å². The van der Waals surface area contributed by atoms with E-state index in [9.17, 15) is 13.2 Å². The Morgan fingerprint density at radius 1 is 1.35 bits per heavy atom. The first-order chi connectivity index (χ1) is 9.48. The van der Waals surface area contributed by atoms with Crippen molar-refractivity contribution in [1.29, 1.82) is 5.26 Å². The van der Waals surface area contributed by atoms with E-state index in [0.29, 0.717) is 12.8 Å². The number of benzene rings is 1. The van der Waals surface area contributed by atoms with Crippen LogP contribution in [0.25, 0.3) is 0 Å². The van der Waals surface area contributed by atoms with Gasteiger partial charge in [-0.25, -0.2) is 8.42 Å². The second-order valence-corrected chi connectivity index (χ2v) is 6.50. The minimum atomic E-state index is -3.89. The number of hydrogen-bond donors (Lipinski definition) is 1. The molecule has 1 aromatic rings. The van der Waals surface area contributed by atoms with Crippen LogP contribution in [-0.2, 0) is 14.8 Å². The Bertz CT molecular complexity index is 664. The van der Waals surface area contributed by atoms with E-state index in [1.807, 2.05) is 6.07 Å². The summed E-state index contributed by atoms with van der Waals surface area (Å²) < 4.78 is 26.4. The molecule has 2 N–H and O–H groups in total. The van der Waals surface area contributed by atoms with Gasteiger partial charge in [0.2, 0.25) is 15.9 Å². The molecule has 0 aliphatic carbocycles. The predicted molar refractivity (Wildman–Crippen MR) is 71.9 cm³/mol. The number of amides is 1. The van der Waals surface area contributed by atoms with Gasteiger partial charge < -0.3 is 5.73 Å². The lowest BCUT2D eigenvalue weighted by Crippen LogP contribution is -2.50. The molecule has 1 fully saturated rings. The highest BCUT2D eigenvalue weighted by Gasteiger charge is 2.37. The third-order valence-corrected chi connectivity index (χ3v) is 5.34. The fourth-order valence-electron chi connectivity index (χ4n) is 2.39. The van der Waals surface area contributed by atoms with Crippen molar-refractivity contribution in [2.45, 2.75) is 30.2 Å². The van der Waals surface area contributed by atoms with Crippen LogP contribution in [0.5, 0.6) is 0 Å². The van der Waals surface area contributed by atoms with Crippen molar-refractivity contribution in [3.63, 3.8) is 0 Å². The third-order valence-electron chi connectivity index (χ3n) is 3.38. The van der Waals surface area contributed by atoms with E-state index in [2.05, 4.69) is 0 Å². The van der Waals surface area contributed by atoms with Crippen molar-refractivity contribution in [2.24, 2.45) is 5.73 Å². The van der Waals surface area contributed by atoms with Crippen LogP contribution in [0.15, 0.2) is 29.2 Å². The van der Waals surface area contributed by atoms with Crippen molar-refractivity contribution in [2.75, 3.05) is 6.54 Å². The fourth-order valence-corrected chi connectivity index (χ4v) is 4.20. The minimum Gasteiger partial charge on any atom is -0.368 e. The highest BCUT2D eigenvalue weighted by atomic mass is 32.2. The Hall–Kier alpha value is -1.91. The molecular weight excluding hydrogens is 278 g/mol. The third kappa shape index (κ3) is 2.53. The van der Waals surface area contributed by atoms with E-state index in [0.717, 1.165) is 10.7 Å². The zero-order chi connectivity index (χ0) is 14.8. The lowest BCUT2D eigenvalue weighted by atomic mass is 10.0. The topological polar surface area (TPSA) is 104 Å². The number of rotatable bonds is 3. The number of nitrogens with zero attached hydrogens (tertiary/aromatic N) is 2. The summed E-state index contributed by atoms with van der Waals surface area (Å²) in [5.41, 5.74) is 5.36. The van der Waals surface area contributed by atoms with Crippen LogP contribution in [-0.4, -0.2) is 31.2 Å². The largest absolute Gasteiger partial charge is 0.368 e. The van der Waals surface area contributed by atoms with Crippen LogP contribution in [0.1, 0.15) is 24.8 Å². The average molecular weight is 293 g/mol. The second-order valence-electron chi connectivity index (χ2n) is 4.64. The van der Waals surface area contributed by atoms with Crippen LogP contribution in [0.3, 0.4) is 0 Å². The highest BCUT2D eigenvalue weighted by molar-refractivity contribution is 7.89. The first-order valence-electron chi connectivity index (χ1n) is 6.29. The van der Waals surface area contributed by atoms with Crippen LogP contribution in [0.2, 0.25) is 0 Å². The molecule has 106 valence electrons. The van der Waals surface area contributed by atoms with Gasteiger partial charge in [-0.15, -0.1) is 0 Å². The van der Waals surface area contributed by atoms with E-state index in [1.54, 1.807) is 12.1 Å². The number of hydrogen-bond acceptors (Lipinski definition) is 4. The van der Waals surface area contributed by atoms with Crippen molar-refractivity contribution in [3.05, 3.63) is 29.8 Å². The molecule has 1 aliphatic rings.